The normalized spacial score (nSPS) is 15.3. The van der Waals surface area contributed by atoms with Crippen molar-refractivity contribution in [2.24, 2.45) is 5.92 Å². The largest absolute Gasteiger partial charge is 0.416 e. The van der Waals surface area contributed by atoms with E-state index in [0.717, 1.165) is 23.7 Å². The van der Waals surface area contributed by atoms with Crippen molar-refractivity contribution in [3.05, 3.63) is 83.2 Å². The van der Waals surface area contributed by atoms with Crippen molar-refractivity contribution in [1.29, 1.82) is 0 Å². The van der Waals surface area contributed by atoms with Crippen LogP contribution in [0.4, 0.5) is 13.2 Å². The fourth-order valence-electron chi connectivity index (χ4n) is 4.66. The highest BCUT2D eigenvalue weighted by atomic mass is 19.4. The quantitative estimate of drug-likeness (QED) is 0.457. The van der Waals surface area contributed by atoms with Crippen molar-refractivity contribution < 1.29 is 18.0 Å². The highest BCUT2D eigenvalue weighted by Gasteiger charge is 2.30. The summed E-state index contributed by atoms with van der Waals surface area (Å²) in [5, 5.41) is 7.38. The first kappa shape index (κ1) is 26.9. The molecule has 37 heavy (non-hydrogen) atoms. The maximum Gasteiger partial charge on any atom is 0.416 e. The minimum absolute atomic E-state index is 0.0405. The Balaban J connectivity index is 1.27. The van der Waals surface area contributed by atoms with Crippen LogP contribution in [0, 0.1) is 5.92 Å². The van der Waals surface area contributed by atoms with Gasteiger partial charge in [0.05, 0.1) is 17.8 Å². The summed E-state index contributed by atoms with van der Waals surface area (Å²) < 4.78 is 40.8. The lowest BCUT2D eigenvalue weighted by Crippen LogP contribution is -2.49. The number of aromatic nitrogens is 2. The Morgan fingerprint density at radius 3 is 2.38 bits per heavy atom. The van der Waals surface area contributed by atoms with Crippen LogP contribution in [0.1, 0.15) is 36.1 Å². The van der Waals surface area contributed by atoms with Crippen LogP contribution >= 0.6 is 0 Å². The summed E-state index contributed by atoms with van der Waals surface area (Å²) in [6, 6.07) is 13.7. The first-order chi connectivity index (χ1) is 17.7. The molecule has 1 N–H and O–H groups in total. The fraction of sp³-hybridized carbons (Fsp3) is 0.429. The summed E-state index contributed by atoms with van der Waals surface area (Å²) in [5.74, 6) is 0.476. The Hall–Kier alpha value is -3.17. The Morgan fingerprint density at radius 1 is 0.973 bits per heavy atom. The number of carbonyl (C=O) groups is 1. The molecule has 1 saturated heterocycles. The molecule has 0 saturated carbocycles. The number of nitrogens with zero attached hydrogens (tertiary/aromatic N) is 4. The van der Waals surface area contributed by atoms with Crippen molar-refractivity contribution in [2.45, 2.75) is 39.5 Å². The number of nitrogens with one attached hydrogen (secondary N) is 1. The van der Waals surface area contributed by atoms with E-state index in [1.54, 1.807) is 12.3 Å². The number of alkyl halides is 3. The number of amides is 1. The smallest absolute Gasteiger partial charge is 0.351 e. The predicted molar refractivity (Wildman–Crippen MR) is 137 cm³/mol. The van der Waals surface area contributed by atoms with Crippen molar-refractivity contribution in [3.63, 3.8) is 0 Å². The van der Waals surface area contributed by atoms with Crippen molar-refractivity contribution in [1.82, 2.24) is 24.9 Å². The van der Waals surface area contributed by atoms with Gasteiger partial charge in [-0.2, -0.15) is 18.3 Å². The van der Waals surface area contributed by atoms with E-state index < -0.39 is 11.7 Å². The Kier molecular flexibility index (Phi) is 8.66. The Morgan fingerprint density at radius 2 is 1.70 bits per heavy atom. The molecule has 2 heterocycles. The molecule has 0 atom stereocenters. The van der Waals surface area contributed by atoms with Crippen LogP contribution < -0.4 is 5.32 Å². The Bertz CT molecular complexity index is 1170. The van der Waals surface area contributed by atoms with Gasteiger partial charge in [0.25, 0.3) is 0 Å². The van der Waals surface area contributed by atoms with E-state index in [1.165, 1.54) is 17.7 Å². The van der Waals surface area contributed by atoms with Crippen LogP contribution in [0.15, 0.2) is 60.9 Å². The third-order valence-electron chi connectivity index (χ3n) is 6.43. The van der Waals surface area contributed by atoms with Crippen LogP contribution in [-0.4, -0.2) is 58.2 Å². The molecular formula is C28H34F3N5O. The second-order valence-corrected chi connectivity index (χ2v) is 10.1. The zero-order valence-corrected chi connectivity index (χ0v) is 21.3. The van der Waals surface area contributed by atoms with Gasteiger partial charge in [-0.05, 0) is 53.3 Å². The van der Waals surface area contributed by atoms with Crippen LogP contribution in [0.25, 0.3) is 5.69 Å². The molecule has 2 aromatic carbocycles. The van der Waals surface area contributed by atoms with Crippen LogP contribution in [-0.2, 0) is 30.5 Å². The van der Waals surface area contributed by atoms with E-state index in [1.807, 2.05) is 23.0 Å². The summed E-state index contributed by atoms with van der Waals surface area (Å²) in [5.41, 5.74) is 3.25. The van der Waals surface area contributed by atoms with Crippen molar-refractivity contribution in [2.75, 3.05) is 32.7 Å². The maximum absolute atomic E-state index is 13.0. The standard InChI is InChI=1S/C28H34F3N5O/c1-21(2)13-23-14-24(17-26(16-23)36-8-4-7-33-36)18-32-27(37)20-35-11-9-34(10-12-35)19-22-5-3-6-25(15-22)28(29,30)31/h3-8,14-17,21H,9-13,18-20H2,1-2H3,(H,32,37). The van der Waals surface area contributed by atoms with Gasteiger partial charge in [0.1, 0.15) is 0 Å². The molecule has 0 radical (unpaired) electrons. The molecular weight excluding hydrogens is 479 g/mol. The van der Waals surface area contributed by atoms with Gasteiger partial charge in [-0.25, -0.2) is 4.68 Å². The lowest BCUT2D eigenvalue weighted by Gasteiger charge is -2.34. The zero-order valence-electron chi connectivity index (χ0n) is 21.3. The minimum Gasteiger partial charge on any atom is -0.351 e. The molecule has 1 amide bonds. The maximum atomic E-state index is 13.0. The lowest BCUT2D eigenvalue weighted by atomic mass is 10.00. The van der Waals surface area contributed by atoms with E-state index in [4.69, 9.17) is 0 Å². The minimum atomic E-state index is -4.33. The first-order valence-corrected chi connectivity index (χ1v) is 12.7. The number of benzene rings is 2. The molecule has 4 rings (SSSR count). The van der Waals surface area contributed by atoms with E-state index in [9.17, 15) is 18.0 Å². The average molecular weight is 514 g/mol. The molecule has 1 aliphatic heterocycles. The summed E-state index contributed by atoms with van der Waals surface area (Å²) in [4.78, 5) is 16.9. The highest BCUT2D eigenvalue weighted by Crippen LogP contribution is 2.29. The SMILES string of the molecule is CC(C)Cc1cc(CNC(=O)CN2CCN(Cc3cccc(C(F)(F)F)c3)CC2)cc(-n2cccn2)c1. The second-order valence-electron chi connectivity index (χ2n) is 10.1. The van der Waals surface area contributed by atoms with Gasteiger partial charge in [-0.1, -0.05) is 38.1 Å². The number of hydrogen-bond donors (Lipinski definition) is 1. The molecule has 6 nitrogen and oxygen atoms in total. The molecule has 1 aliphatic rings. The van der Waals surface area contributed by atoms with Gasteiger partial charge in [0, 0.05) is 51.7 Å². The summed E-state index contributed by atoms with van der Waals surface area (Å²) in [7, 11) is 0. The van der Waals surface area contributed by atoms with Gasteiger partial charge in [0.15, 0.2) is 0 Å². The summed E-state index contributed by atoms with van der Waals surface area (Å²) >= 11 is 0. The van der Waals surface area contributed by atoms with Gasteiger partial charge < -0.3 is 5.32 Å². The molecule has 198 valence electrons. The van der Waals surface area contributed by atoms with Crippen molar-refractivity contribution >= 4 is 5.91 Å². The molecule has 0 spiro atoms. The topological polar surface area (TPSA) is 53.4 Å². The third kappa shape index (κ3) is 7.90. The lowest BCUT2D eigenvalue weighted by molar-refractivity contribution is -0.137. The monoisotopic (exact) mass is 513 g/mol. The molecule has 0 bridgehead atoms. The fourth-order valence-corrected chi connectivity index (χ4v) is 4.66. The van der Waals surface area contributed by atoms with E-state index in [-0.39, 0.29) is 5.91 Å². The molecule has 9 heteroatoms. The van der Waals surface area contributed by atoms with E-state index in [0.29, 0.717) is 57.3 Å². The van der Waals surface area contributed by atoms with Crippen LogP contribution in [0.5, 0.6) is 0 Å². The van der Waals surface area contributed by atoms with Gasteiger partial charge >= 0.3 is 6.18 Å². The number of rotatable bonds is 9. The number of piperazine rings is 1. The molecule has 1 aromatic heterocycles. The molecule has 3 aromatic rings. The van der Waals surface area contributed by atoms with Gasteiger partial charge in [-0.3, -0.25) is 14.6 Å². The van der Waals surface area contributed by atoms with Gasteiger partial charge in [0.2, 0.25) is 5.91 Å². The number of halogens is 3. The van der Waals surface area contributed by atoms with Crippen LogP contribution in [0.2, 0.25) is 0 Å². The highest BCUT2D eigenvalue weighted by molar-refractivity contribution is 5.78. The van der Waals surface area contributed by atoms with Crippen LogP contribution in [0.3, 0.4) is 0 Å². The van der Waals surface area contributed by atoms with E-state index >= 15 is 0 Å². The predicted octanol–water partition coefficient (Wildman–Crippen LogP) is 4.52. The number of hydrogen-bond acceptors (Lipinski definition) is 4. The summed E-state index contributed by atoms with van der Waals surface area (Å²) in [6.45, 7) is 8.36. The Labute approximate surface area is 216 Å². The number of carbonyl (C=O) groups excluding carboxylic acids is 1. The average Bonchev–Trinajstić information content (AvgIpc) is 3.38. The first-order valence-electron chi connectivity index (χ1n) is 12.7. The zero-order chi connectivity index (χ0) is 26.4. The second kappa shape index (κ2) is 11.9. The third-order valence-corrected chi connectivity index (χ3v) is 6.43. The van der Waals surface area contributed by atoms with Crippen molar-refractivity contribution in [3.8, 4) is 5.69 Å². The molecule has 1 fully saturated rings. The molecule has 0 unspecified atom stereocenters. The van der Waals surface area contributed by atoms with Gasteiger partial charge in [-0.15, -0.1) is 0 Å². The summed E-state index contributed by atoms with van der Waals surface area (Å²) in [6.07, 6.45) is 0.263. The molecule has 0 aliphatic carbocycles. The van der Waals surface area contributed by atoms with E-state index in [2.05, 4.69) is 46.2 Å².